The Kier molecular flexibility index (Phi) is 4.44. The van der Waals surface area contributed by atoms with Gasteiger partial charge in [0.25, 0.3) is 5.91 Å². The van der Waals surface area contributed by atoms with Crippen molar-refractivity contribution in [1.82, 2.24) is 15.0 Å². The third-order valence-corrected chi connectivity index (χ3v) is 3.14. The summed E-state index contributed by atoms with van der Waals surface area (Å²) in [6.07, 6.45) is 4.82. The van der Waals surface area contributed by atoms with Crippen LogP contribution in [0.1, 0.15) is 10.5 Å². The molecule has 114 valence electrons. The molecule has 3 rings (SSSR count). The first-order chi connectivity index (χ1) is 11.2. The fourth-order valence-electron chi connectivity index (χ4n) is 1.87. The fraction of sp³-hybridized carbons (Fsp3) is 0. The Hall–Kier alpha value is -2.99. The summed E-state index contributed by atoms with van der Waals surface area (Å²) in [6, 6.07) is 12.0. The molecule has 2 heterocycles. The largest absolute Gasteiger partial charge is 0.324 e. The van der Waals surface area contributed by atoms with Crippen LogP contribution >= 0.6 is 11.6 Å². The topological polar surface area (TPSA) is 79.8 Å². The SMILES string of the molecule is O=C(Nc1cccc(Cl)c1)c1ccnc(Nc2ccncc2)n1. The van der Waals surface area contributed by atoms with Crippen LogP contribution < -0.4 is 10.6 Å². The predicted molar refractivity (Wildman–Crippen MR) is 89.0 cm³/mol. The van der Waals surface area contributed by atoms with Crippen molar-refractivity contribution in [3.63, 3.8) is 0 Å². The highest BCUT2D eigenvalue weighted by Crippen LogP contribution is 2.16. The van der Waals surface area contributed by atoms with Gasteiger partial charge in [0.1, 0.15) is 5.69 Å². The van der Waals surface area contributed by atoms with Crippen LogP contribution in [0, 0.1) is 0 Å². The maximum Gasteiger partial charge on any atom is 0.274 e. The van der Waals surface area contributed by atoms with Gasteiger partial charge in [0.2, 0.25) is 5.95 Å². The second kappa shape index (κ2) is 6.85. The van der Waals surface area contributed by atoms with Crippen LogP contribution in [-0.4, -0.2) is 20.9 Å². The number of hydrogen-bond acceptors (Lipinski definition) is 5. The van der Waals surface area contributed by atoms with E-state index in [1.165, 1.54) is 12.3 Å². The van der Waals surface area contributed by atoms with Crippen molar-refractivity contribution in [3.8, 4) is 0 Å². The number of nitrogens with zero attached hydrogens (tertiary/aromatic N) is 3. The summed E-state index contributed by atoms with van der Waals surface area (Å²) in [5, 5.41) is 6.29. The average Bonchev–Trinajstić information content (AvgIpc) is 2.56. The minimum Gasteiger partial charge on any atom is -0.324 e. The molecule has 0 atom stereocenters. The average molecular weight is 326 g/mol. The Bertz CT molecular complexity index is 825. The minimum absolute atomic E-state index is 0.247. The summed E-state index contributed by atoms with van der Waals surface area (Å²) in [4.78, 5) is 24.5. The Morgan fingerprint density at radius 1 is 1.00 bits per heavy atom. The van der Waals surface area contributed by atoms with Crippen molar-refractivity contribution >= 4 is 34.8 Å². The van der Waals surface area contributed by atoms with E-state index in [1.807, 2.05) is 0 Å². The number of anilines is 3. The molecule has 3 aromatic rings. The summed E-state index contributed by atoms with van der Waals surface area (Å²) in [5.74, 6) is -0.0117. The van der Waals surface area contributed by atoms with Gasteiger partial charge in [-0.15, -0.1) is 0 Å². The van der Waals surface area contributed by atoms with E-state index >= 15 is 0 Å². The number of carbonyl (C=O) groups is 1. The predicted octanol–water partition coefficient (Wildman–Crippen LogP) is 3.52. The third kappa shape index (κ3) is 4.02. The molecule has 0 bridgehead atoms. The zero-order valence-electron chi connectivity index (χ0n) is 11.9. The van der Waals surface area contributed by atoms with Crippen LogP contribution in [0.5, 0.6) is 0 Å². The van der Waals surface area contributed by atoms with Crippen LogP contribution in [0.25, 0.3) is 0 Å². The van der Waals surface area contributed by atoms with E-state index in [-0.39, 0.29) is 11.6 Å². The zero-order valence-corrected chi connectivity index (χ0v) is 12.7. The summed E-state index contributed by atoms with van der Waals surface area (Å²) in [7, 11) is 0. The Labute approximate surface area is 137 Å². The Morgan fingerprint density at radius 2 is 1.83 bits per heavy atom. The first kappa shape index (κ1) is 14.9. The molecule has 0 aliphatic rings. The van der Waals surface area contributed by atoms with Crippen molar-refractivity contribution < 1.29 is 4.79 Å². The van der Waals surface area contributed by atoms with Crippen molar-refractivity contribution in [2.24, 2.45) is 0 Å². The van der Waals surface area contributed by atoms with E-state index in [1.54, 1.807) is 48.8 Å². The number of aromatic nitrogens is 3. The minimum atomic E-state index is -0.340. The molecule has 2 aromatic heterocycles. The molecule has 0 fully saturated rings. The molecule has 23 heavy (non-hydrogen) atoms. The number of amides is 1. The fourth-order valence-corrected chi connectivity index (χ4v) is 2.06. The maximum atomic E-state index is 12.2. The standard InChI is InChI=1S/C16H12ClN5O/c17-11-2-1-3-13(10-11)20-15(23)14-6-9-19-16(22-14)21-12-4-7-18-8-5-12/h1-10H,(H,20,23)(H,18,19,21,22). The number of carbonyl (C=O) groups excluding carboxylic acids is 1. The number of rotatable bonds is 4. The molecule has 7 heteroatoms. The summed E-state index contributed by atoms with van der Waals surface area (Å²) < 4.78 is 0. The maximum absolute atomic E-state index is 12.2. The second-order valence-electron chi connectivity index (χ2n) is 4.59. The van der Waals surface area contributed by atoms with Crippen LogP contribution in [0.4, 0.5) is 17.3 Å². The molecule has 0 aliphatic carbocycles. The molecule has 0 spiro atoms. The lowest BCUT2D eigenvalue weighted by atomic mass is 10.3. The van der Waals surface area contributed by atoms with Gasteiger partial charge in [-0.05, 0) is 36.4 Å². The Morgan fingerprint density at radius 3 is 2.61 bits per heavy atom. The molecule has 6 nitrogen and oxygen atoms in total. The van der Waals surface area contributed by atoms with E-state index in [2.05, 4.69) is 25.6 Å². The van der Waals surface area contributed by atoms with Crippen LogP contribution in [-0.2, 0) is 0 Å². The normalized spacial score (nSPS) is 10.1. The molecular weight excluding hydrogens is 314 g/mol. The van der Waals surface area contributed by atoms with Crippen LogP contribution in [0.15, 0.2) is 61.1 Å². The first-order valence-electron chi connectivity index (χ1n) is 6.78. The molecule has 0 unspecified atom stereocenters. The zero-order chi connectivity index (χ0) is 16.1. The van der Waals surface area contributed by atoms with Crippen molar-refractivity contribution in [2.75, 3.05) is 10.6 Å². The summed E-state index contributed by atoms with van der Waals surface area (Å²) >= 11 is 5.90. The van der Waals surface area contributed by atoms with Gasteiger partial charge in [-0.2, -0.15) is 0 Å². The van der Waals surface area contributed by atoms with Crippen LogP contribution in [0.3, 0.4) is 0 Å². The van der Waals surface area contributed by atoms with E-state index in [0.29, 0.717) is 16.7 Å². The number of nitrogens with one attached hydrogen (secondary N) is 2. The van der Waals surface area contributed by atoms with Gasteiger partial charge in [0, 0.05) is 35.0 Å². The number of pyridine rings is 1. The summed E-state index contributed by atoms with van der Waals surface area (Å²) in [6.45, 7) is 0. The van der Waals surface area contributed by atoms with E-state index in [4.69, 9.17) is 11.6 Å². The smallest absolute Gasteiger partial charge is 0.274 e. The molecular formula is C16H12ClN5O. The molecule has 1 amide bonds. The molecule has 1 aromatic carbocycles. The number of hydrogen-bond donors (Lipinski definition) is 2. The lowest BCUT2D eigenvalue weighted by Crippen LogP contribution is -2.14. The molecule has 0 radical (unpaired) electrons. The second-order valence-corrected chi connectivity index (χ2v) is 5.03. The molecule has 2 N–H and O–H groups in total. The van der Waals surface area contributed by atoms with Gasteiger partial charge in [-0.1, -0.05) is 17.7 Å². The van der Waals surface area contributed by atoms with E-state index in [0.717, 1.165) is 5.69 Å². The van der Waals surface area contributed by atoms with Gasteiger partial charge >= 0.3 is 0 Å². The van der Waals surface area contributed by atoms with E-state index in [9.17, 15) is 4.79 Å². The van der Waals surface area contributed by atoms with Crippen LogP contribution in [0.2, 0.25) is 5.02 Å². The van der Waals surface area contributed by atoms with Crippen molar-refractivity contribution in [1.29, 1.82) is 0 Å². The highest BCUT2D eigenvalue weighted by molar-refractivity contribution is 6.30. The van der Waals surface area contributed by atoms with Gasteiger partial charge in [-0.3, -0.25) is 9.78 Å². The highest BCUT2D eigenvalue weighted by atomic mass is 35.5. The van der Waals surface area contributed by atoms with Gasteiger partial charge in [0.15, 0.2) is 0 Å². The quantitative estimate of drug-likeness (QED) is 0.767. The monoisotopic (exact) mass is 325 g/mol. The van der Waals surface area contributed by atoms with Crippen molar-refractivity contribution in [3.05, 3.63) is 71.8 Å². The first-order valence-corrected chi connectivity index (χ1v) is 7.15. The highest BCUT2D eigenvalue weighted by Gasteiger charge is 2.09. The van der Waals surface area contributed by atoms with Gasteiger partial charge in [0.05, 0.1) is 0 Å². The van der Waals surface area contributed by atoms with Gasteiger partial charge < -0.3 is 10.6 Å². The number of halogens is 1. The molecule has 0 saturated heterocycles. The lowest BCUT2D eigenvalue weighted by Gasteiger charge is -2.07. The summed E-state index contributed by atoms with van der Waals surface area (Å²) in [5.41, 5.74) is 1.63. The number of benzene rings is 1. The van der Waals surface area contributed by atoms with Gasteiger partial charge in [-0.25, -0.2) is 9.97 Å². The van der Waals surface area contributed by atoms with Crippen molar-refractivity contribution in [2.45, 2.75) is 0 Å². The molecule has 0 aliphatic heterocycles. The Balaban J connectivity index is 1.75. The molecule has 0 saturated carbocycles. The third-order valence-electron chi connectivity index (χ3n) is 2.91. The lowest BCUT2D eigenvalue weighted by molar-refractivity contribution is 0.102. The van der Waals surface area contributed by atoms with E-state index < -0.39 is 0 Å².